The molecule has 4 heteroatoms. The number of hydrogen-bond acceptors (Lipinski definition) is 1. The van der Waals surface area contributed by atoms with Crippen molar-refractivity contribution in [3.8, 4) is 0 Å². The Morgan fingerprint density at radius 2 is 2.27 bits per heavy atom. The fourth-order valence-corrected chi connectivity index (χ4v) is 1.63. The van der Waals surface area contributed by atoms with Crippen LogP contribution in [-0.2, 0) is 0 Å². The molecule has 2 nitrogen and oxygen atoms in total. The Kier molecular flexibility index (Phi) is 4.27. The van der Waals surface area contributed by atoms with Crippen molar-refractivity contribution in [1.29, 1.82) is 0 Å². The zero-order valence-electron chi connectivity index (χ0n) is 8.68. The van der Waals surface area contributed by atoms with E-state index in [2.05, 4.69) is 21.2 Å². The van der Waals surface area contributed by atoms with E-state index in [1.165, 1.54) is 6.07 Å². The summed E-state index contributed by atoms with van der Waals surface area (Å²) in [5, 5.41) is 2.72. The minimum absolute atomic E-state index is 0.0454. The zero-order chi connectivity index (χ0) is 11.4. The van der Waals surface area contributed by atoms with Crippen LogP contribution < -0.4 is 5.32 Å². The summed E-state index contributed by atoms with van der Waals surface area (Å²) in [6.07, 6.45) is 0.817. The van der Waals surface area contributed by atoms with Gasteiger partial charge in [0.15, 0.2) is 0 Å². The third-order valence-electron chi connectivity index (χ3n) is 2.18. The molecule has 1 aromatic carbocycles. The molecule has 1 amide bonds. The van der Waals surface area contributed by atoms with Crippen molar-refractivity contribution >= 4 is 21.8 Å². The third kappa shape index (κ3) is 3.02. The molecule has 0 saturated carbocycles. The van der Waals surface area contributed by atoms with Crippen LogP contribution in [0.1, 0.15) is 30.6 Å². The normalized spacial score (nSPS) is 12.3. The van der Waals surface area contributed by atoms with Gasteiger partial charge in [-0.1, -0.05) is 13.0 Å². The Bertz CT molecular complexity index is 347. The van der Waals surface area contributed by atoms with E-state index in [0.29, 0.717) is 4.47 Å². The van der Waals surface area contributed by atoms with Gasteiger partial charge in [-0.15, -0.1) is 0 Å². The third-order valence-corrected chi connectivity index (χ3v) is 2.84. The number of hydrogen-bond donors (Lipinski definition) is 1. The van der Waals surface area contributed by atoms with Crippen molar-refractivity contribution in [2.45, 2.75) is 26.3 Å². The van der Waals surface area contributed by atoms with Gasteiger partial charge in [-0.05, 0) is 41.4 Å². The molecule has 0 radical (unpaired) electrons. The van der Waals surface area contributed by atoms with Gasteiger partial charge in [0.2, 0.25) is 0 Å². The number of carbonyl (C=O) groups is 1. The van der Waals surface area contributed by atoms with Gasteiger partial charge in [0.25, 0.3) is 5.91 Å². The maximum absolute atomic E-state index is 13.4. The molecule has 1 atom stereocenters. The minimum Gasteiger partial charge on any atom is -0.349 e. The smallest absolute Gasteiger partial charge is 0.255 e. The highest BCUT2D eigenvalue weighted by Crippen LogP contribution is 2.19. The molecule has 0 bridgehead atoms. The minimum atomic E-state index is -0.509. The van der Waals surface area contributed by atoms with Gasteiger partial charge in [-0.3, -0.25) is 4.79 Å². The number of rotatable bonds is 3. The van der Waals surface area contributed by atoms with Crippen LogP contribution in [-0.4, -0.2) is 11.9 Å². The van der Waals surface area contributed by atoms with Gasteiger partial charge in [0.1, 0.15) is 5.82 Å². The van der Waals surface area contributed by atoms with Gasteiger partial charge in [0, 0.05) is 10.5 Å². The first kappa shape index (κ1) is 12.2. The molecule has 0 aromatic heterocycles. The predicted octanol–water partition coefficient (Wildman–Crippen LogP) is 3.12. The van der Waals surface area contributed by atoms with Crippen molar-refractivity contribution in [3.05, 3.63) is 34.1 Å². The highest BCUT2D eigenvalue weighted by molar-refractivity contribution is 9.10. The van der Waals surface area contributed by atoms with Crippen LogP contribution in [0.3, 0.4) is 0 Å². The van der Waals surface area contributed by atoms with Gasteiger partial charge >= 0.3 is 0 Å². The van der Waals surface area contributed by atoms with Crippen LogP contribution in [0.4, 0.5) is 4.39 Å². The second kappa shape index (κ2) is 5.26. The van der Waals surface area contributed by atoms with Crippen LogP contribution in [0.15, 0.2) is 22.7 Å². The van der Waals surface area contributed by atoms with Crippen molar-refractivity contribution in [2.24, 2.45) is 0 Å². The number of benzene rings is 1. The summed E-state index contributed by atoms with van der Waals surface area (Å²) in [6.45, 7) is 3.84. The van der Waals surface area contributed by atoms with Crippen molar-refractivity contribution < 1.29 is 9.18 Å². The van der Waals surface area contributed by atoms with Crippen molar-refractivity contribution in [1.82, 2.24) is 5.32 Å². The van der Waals surface area contributed by atoms with Gasteiger partial charge < -0.3 is 5.32 Å². The number of carbonyl (C=O) groups excluding carboxylic acids is 1. The van der Waals surface area contributed by atoms with E-state index < -0.39 is 5.82 Å². The number of nitrogens with one attached hydrogen (secondary N) is 1. The Balaban J connectivity index is 2.91. The SMILES string of the molecule is CCC(C)NC(=O)c1c(F)cccc1Br. The van der Waals surface area contributed by atoms with Crippen molar-refractivity contribution in [3.63, 3.8) is 0 Å². The summed E-state index contributed by atoms with van der Waals surface area (Å²) in [7, 11) is 0. The molecule has 82 valence electrons. The molecule has 0 spiro atoms. The lowest BCUT2D eigenvalue weighted by Crippen LogP contribution is -2.32. The molecular formula is C11H13BrFNO. The van der Waals surface area contributed by atoms with Crippen LogP contribution >= 0.6 is 15.9 Å². The molecule has 0 aliphatic rings. The molecule has 0 aliphatic heterocycles. The fraction of sp³-hybridized carbons (Fsp3) is 0.364. The van der Waals surface area contributed by atoms with Gasteiger partial charge in [0.05, 0.1) is 5.56 Å². The molecule has 1 unspecified atom stereocenters. The lowest BCUT2D eigenvalue weighted by atomic mass is 10.1. The Morgan fingerprint density at radius 3 is 2.80 bits per heavy atom. The highest BCUT2D eigenvalue weighted by atomic mass is 79.9. The molecule has 15 heavy (non-hydrogen) atoms. The van der Waals surface area contributed by atoms with Crippen molar-refractivity contribution in [2.75, 3.05) is 0 Å². The molecule has 0 aliphatic carbocycles. The fourth-order valence-electron chi connectivity index (χ4n) is 1.11. The summed E-state index contributed by atoms with van der Waals surface area (Å²) >= 11 is 3.16. The Hall–Kier alpha value is -0.900. The summed E-state index contributed by atoms with van der Waals surface area (Å²) in [4.78, 5) is 11.7. The summed E-state index contributed by atoms with van der Waals surface area (Å²) in [5.74, 6) is -0.889. The van der Waals surface area contributed by atoms with Crippen LogP contribution in [0.25, 0.3) is 0 Å². The number of amides is 1. The van der Waals surface area contributed by atoms with E-state index in [0.717, 1.165) is 6.42 Å². The van der Waals surface area contributed by atoms with Crippen LogP contribution in [0.2, 0.25) is 0 Å². The molecule has 1 aromatic rings. The first-order valence-electron chi connectivity index (χ1n) is 4.81. The van der Waals surface area contributed by atoms with Gasteiger partial charge in [-0.25, -0.2) is 4.39 Å². The first-order valence-corrected chi connectivity index (χ1v) is 5.60. The molecule has 0 heterocycles. The van der Waals surface area contributed by atoms with Crippen LogP contribution in [0, 0.1) is 5.82 Å². The van der Waals surface area contributed by atoms with E-state index in [1.54, 1.807) is 12.1 Å². The predicted molar refractivity (Wildman–Crippen MR) is 61.3 cm³/mol. The number of halogens is 2. The average Bonchev–Trinajstić information content (AvgIpc) is 2.17. The molecule has 1 rings (SSSR count). The average molecular weight is 274 g/mol. The Labute approximate surface area is 97.0 Å². The van der Waals surface area contributed by atoms with E-state index in [9.17, 15) is 9.18 Å². The largest absolute Gasteiger partial charge is 0.349 e. The maximum Gasteiger partial charge on any atom is 0.255 e. The quantitative estimate of drug-likeness (QED) is 0.901. The summed E-state index contributed by atoms with van der Waals surface area (Å²) in [5.41, 5.74) is 0.0674. The van der Waals surface area contributed by atoms with E-state index in [4.69, 9.17) is 0 Å². The summed E-state index contributed by atoms with van der Waals surface area (Å²) < 4.78 is 13.8. The Morgan fingerprint density at radius 1 is 1.60 bits per heavy atom. The van der Waals surface area contributed by atoms with E-state index >= 15 is 0 Å². The second-order valence-electron chi connectivity index (χ2n) is 3.38. The first-order chi connectivity index (χ1) is 7.06. The van der Waals surface area contributed by atoms with E-state index in [-0.39, 0.29) is 17.5 Å². The summed E-state index contributed by atoms with van der Waals surface area (Å²) in [6, 6.07) is 4.52. The highest BCUT2D eigenvalue weighted by Gasteiger charge is 2.16. The lowest BCUT2D eigenvalue weighted by molar-refractivity contribution is 0.0934. The standard InChI is InChI=1S/C11H13BrFNO/c1-3-7(2)14-11(15)10-8(12)5-4-6-9(10)13/h4-7H,3H2,1-2H3,(H,14,15). The van der Waals surface area contributed by atoms with E-state index in [1.807, 2.05) is 13.8 Å². The monoisotopic (exact) mass is 273 g/mol. The molecule has 0 fully saturated rings. The zero-order valence-corrected chi connectivity index (χ0v) is 10.3. The second-order valence-corrected chi connectivity index (χ2v) is 4.23. The maximum atomic E-state index is 13.4. The van der Waals surface area contributed by atoms with Crippen LogP contribution in [0.5, 0.6) is 0 Å². The molecule has 0 saturated heterocycles. The topological polar surface area (TPSA) is 29.1 Å². The van der Waals surface area contributed by atoms with Gasteiger partial charge in [-0.2, -0.15) is 0 Å². The lowest BCUT2D eigenvalue weighted by Gasteiger charge is -2.12. The molecular weight excluding hydrogens is 261 g/mol. The molecule has 1 N–H and O–H groups in total.